The number of carbonyl (C=O) groups is 2. The number of nitrogens with zero attached hydrogens (tertiary/aromatic N) is 1. The minimum Gasteiger partial charge on any atom is -0.481 e. The lowest BCUT2D eigenvalue weighted by molar-refractivity contribution is -0.140. The standard InChI is InChI=1S/C10H11NO3/c12-9(7-10(13)14)5-4-8-3-1-2-6-11-8/h1-3,6H,4-5,7H2,(H,13,14). The van der Waals surface area contributed by atoms with Crippen LogP contribution < -0.4 is 0 Å². The van der Waals surface area contributed by atoms with Crippen LogP contribution in [0.15, 0.2) is 24.4 Å². The molecule has 0 amide bonds. The highest BCUT2D eigenvalue weighted by Gasteiger charge is 2.07. The molecule has 14 heavy (non-hydrogen) atoms. The van der Waals surface area contributed by atoms with Crippen LogP contribution in [-0.4, -0.2) is 21.8 Å². The normalized spacial score (nSPS) is 9.71. The van der Waals surface area contributed by atoms with Gasteiger partial charge >= 0.3 is 5.97 Å². The van der Waals surface area contributed by atoms with Crippen LogP contribution >= 0.6 is 0 Å². The van der Waals surface area contributed by atoms with E-state index in [1.54, 1.807) is 12.3 Å². The molecule has 4 nitrogen and oxygen atoms in total. The number of rotatable bonds is 5. The molecule has 0 saturated heterocycles. The third-order valence-corrected chi connectivity index (χ3v) is 1.73. The number of carbonyl (C=O) groups excluding carboxylic acids is 1. The lowest BCUT2D eigenvalue weighted by Gasteiger charge is -1.97. The van der Waals surface area contributed by atoms with Crippen molar-refractivity contribution in [2.75, 3.05) is 0 Å². The molecule has 1 aromatic heterocycles. The van der Waals surface area contributed by atoms with E-state index in [1.165, 1.54) is 0 Å². The monoisotopic (exact) mass is 193 g/mol. The average molecular weight is 193 g/mol. The summed E-state index contributed by atoms with van der Waals surface area (Å²) in [5.41, 5.74) is 0.811. The van der Waals surface area contributed by atoms with Crippen LogP contribution in [0.3, 0.4) is 0 Å². The fraction of sp³-hybridized carbons (Fsp3) is 0.300. The number of aliphatic carboxylic acids is 1. The summed E-state index contributed by atoms with van der Waals surface area (Å²) in [7, 11) is 0. The summed E-state index contributed by atoms with van der Waals surface area (Å²) in [6.07, 6.45) is 2.00. The number of carboxylic acids is 1. The maximum absolute atomic E-state index is 11.0. The number of carboxylic acid groups (broad SMARTS) is 1. The third-order valence-electron chi connectivity index (χ3n) is 1.73. The molecule has 0 aliphatic rings. The number of hydrogen-bond acceptors (Lipinski definition) is 3. The Morgan fingerprint density at radius 1 is 1.36 bits per heavy atom. The van der Waals surface area contributed by atoms with Crippen molar-refractivity contribution in [2.45, 2.75) is 19.3 Å². The number of ketones is 1. The summed E-state index contributed by atoms with van der Waals surface area (Å²) in [6.45, 7) is 0. The first-order valence-electron chi connectivity index (χ1n) is 4.32. The van der Waals surface area contributed by atoms with Crippen molar-refractivity contribution in [1.82, 2.24) is 4.98 Å². The largest absolute Gasteiger partial charge is 0.481 e. The zero-order chi connectivity index (χ0) is 10.4. The number of Topliss-reactive ketones (excluding diaryl/α,β-unsaturated/α-hetero) is 1. The van der Waals surface area contributed by atoms with E-state index >= 15 is 0 Å². The molecule has 0 aliphatic carbocycles. The topological polar surface area (TPSA) is 67.3 Å². The first-order valence-corrected chi connectivity index (χ1v) is 4.32. The molecule has 0 radical (unpaired) electrons. The van der Waals surface area contributed by atoms with Crippen LogP contribution in [-0.2, 0) is 16.0 Å². The van der Waals surface area contributed by atoms with Crippen molar-refractivity contribution in [3.63, 3.8) is 0 Å². The van der Waals surface area contributed by atoms with E-state index in [2.05, 4.69) is 4.98 Å². The summed E-state index contributed by atoms with van der Waals surface area (Å²) in [4.78, 5) is 25.2. The van der Waals surface area contributed by atoms with Gasteiger partial charge in [-0.3, -0.25) is 14.6 Å². The first-order chi connectivity index (χ1) is 6.68. The zero-order valence-electron chi connectivity index (χ0n) is 7.64. The van der Waals surface area contributed by atoms with Gasteiger partial charge in [0, 0.05) is 18.3 Å². The first kappa shape index (κ1) is 10.4. The molecule has 1 rings (SSSR count). The van der Waals surface area contributed by atoms with Crippen molar-refractivity contribution < 1.29 is 14.7 Å². The molecule has 0 saturated carbocycles. The number of aryl methyl sites for hydroxylation is 1. The van der Waals surface area contributed by atoms with Gasteiger partial charge in [0.1, 0.15) is 12.2 Å². The molecule has 0 aliphatic heterocycles. The van der Waals surface area contributed by atoms with Gasteiger partial charge in [0.25, 0.3) is 0 Å². The van der Waals surface area contributed by atoms with Crippen molar-refractivity contribution >= 4 is 11.8 Å². The highest BCUT2D eigenvalue weighted by Crippen LogP contribution is 2.00. The van der Waals surface area contributed by atoms with Crippen LogP contribution in [0.5, 0.6) is 0 Å². The summed E-state index contributed by atoms with van der Waals surface area (Å²) in [5.74, 6) is -1.33. The number of hydrogen-bond donors (Lipinski definition) is 1. The van der Waals surface area contributed by atoms with E-state index in [0.29, 0.717) is 6.42 Å². The molecule has 0 fully saturated rings. The molecule has 4 heteroatoms. The molecular formula is C10H11NO3. The fourth-order valence-corrected chi connectivity index (χ4v) is 1.07. The second-order valence-electron chi connectivity index (χ2n) is 2.93. The summed E-state index contributed by atoms with van der Waals surface area (Å²) >= 11 is 0. The third kappa shape index (κ3) is 3.80. The van der Waals surface area contributed by atoms with E-state index < -0.39 is 12.4 Å². The Hall–Kier alpha value is -1.71. The molecule has 0 aromatic carbocycles. The van der Waals surface area contributed by atoms with E-state index in [1.807, 2.05) is 12.1 Å². The molecular weight excluding hydrogens is 182 g/mol. The Labute approximate surface area is 81.6 Å². The van der Waals surface area contributed by atoms with E-state index in [4.69, 9.17) is 5.11 Å². The Kier molecular flexibility index (Phi) is 3.79. The summed E-state index contributed by atoms with van der Waals surface area (Å²) < 4.78 is 0. The van der Waals surface area contributed by atoms with Gasteiger partial charge in [-0.1, -0.05) is 6.07 Å². The quantitative estimate of drug-likeness (QED) is 0.710. The van der Waals surface area contributed by atoms with E-state index in [0.717, 1.165) is 5.69 Å². The van der Waals surface area contributed by atoms with E-state index in [-0.39, 0.29) is 12.2 Å². The van der Waals surface area contributed by atoms with Gasteiger partial charge < -0.3 is 5.11 Å². The molecule has 1 aromatic rings. The molecule has 0 atom stereocenters. The van der Waals surface area contributed by atoms with Crippen LogP contribution in [0.25, 0.3) is 0 Å². The van der Waals surface area contributed by atoms with Crippen molar-refractivity contribution in [3.05, 3.63) is 30.1 Å². The van der Waals surface area contributed by atoms with Gasteiger partial charge in [-0.2, -0.15) is 0 Å². The van der Waals surface area contributed by atoms with Crippen LogP contribution in [0.1, 0.15) is 18.5 Å². The molecule has 0 bridgehead atoms. The maximum Gasteiger partial charge on any atom is 0.310 e. The molecule has 74 valence electrons. The Bertz CT molecular complexity index is 321. The molecule has 0 unspecified atom stereocenters. The minimum atomic E-state index is -1.07. The lowest BCUT2D eigenvalue weighted by atomic mass is 10.1. The van der Waals surface area contributed by atoms with Crippen molar-refractivity contribution in [2.24, 2.45) is 0 Å². The predicted molar refractivity (Wildman–Crippen MR) is 49.8 cm³/mol. The number of pyridine rings is 1. The Morgan fingerprint density at radius 3 is 2.71 bits per heavy atom. The molecule has 1 heterocycles. The predicted octanol–water partition coefficient (Wildman–Crippen LogP) is 1.06. The number of aromatic nitrogens is 1. The Balaban J connectivity index is 2.34. The fourth-order valence-electron chi connectivity index (χ4n) is 1.07. The highest BCUT2D eigenvalue weighted by molar-refractivity contribution is 5.94. The lowest BCUT2D eigenvalue weighted by Crippen LogP contribution is -2.07. The van der Waals surface area contributed by atoms with Gasteiger partial charge in [-0.05, 0) is 18.6 Å². The Morgan fingerprint density at radius 2 is 2.14 bits per heavy atom. The zero-order valence-corrected chi connectivity index (χ0v) is 7.64. The smallest absolute Gasteiger partial charge is 0.310 e. The van der Waals surface area contributed by atoms with Gasteiger partial charge in [-0.25, -0.2) is 0 Å². The van der Waals surface area contributed by atoms with Gasteiger partial charge in [0.05, 0.1) is 0 Å². The SMILES string of the molecule is O=C(O)CC(=O)CCc1ccccn1. The van der Waals surface area contributed by atoms with Gasteiger partial charge in [0.15, 0.2) is 0 Å². The average Bonchev–Trinajstić information content (AvgIpc) is 2.15. The van der Waals surface area contributed by atoms with Crippen LogP contribution in [0, 0.1) is 0 Å². The maximum atomic E-state index is 11.0. The summed E-state index contributed by atoms with van der Waals surface area (Å²) in [5, 5.41) is 8.34. The summed E-state index contributed by atoms with van der Waals surface area (Å²) in [6, 6.07) is 5.45. The van der Waals surface area contributed by atoms with Crippen LogP contribution in [0.4, 0.5) is 0 Å². The van der Waals surface area contributed by atoms with Crippen LogP contribution in [0.2, 0.25) is 0 Å². The highest BCUT2D eigenvalue weighted by atomic mass is 16.4. The second kappa shape index (κ2) is 5.11. The van der Waals surface area contributed by atoms with Gasteiger partial charge in [0.2, 0.25) is 0 Å². The van der Waals surface area contributed by atoms with Crippen molar-refractivity contribution in [3.8, 4) is 0 Å². The van der Waals surface area contributed by atoms with E-state index in [9.17, 15) is 9.59 Å². The molecule has 0 spiro atoms. The molecule has 1 N–H and O–H groups in total. The minimum absolute atomic E-state index is 0.239. The van der Waals surface area contributed by atoms with Gasteiger partial charge in [-0.15, -0.1) is 0 Å². The van der Waals surface area contributed by atoms with Crippen molar-refractivity contribution in [1.29, 1.82) is 0 Å². The second-order valence-corrected chi connectivity index (χ2v) is 2.93.